The van der Waals surface area contributed by atoms with E-state index in [-0.39, 0.29) is 11.5 Å². The Morgan fingerprint density at radius 2 is 2.12 bits per heavy atom. The molecule has 3 N–H and O–H groups in total. The zero-order valence-electron chi connectivity index (χ0n) is 11.1. The fourth-order valence-corrected chi connectivity index (χ4v) is 2.31. The van der Waals surface area contributed by atoms with Gasteiger partial charge < -0.3 is 15.7 Å². The third-order valence-corrected chi connectivity index (χ3v) is 3.82. The predicted molar refractivity (Wildman–Crippen MR) is 68.3 cm³/mol. The molecular formula is C13H28N2O. The molecule has 1 saturated heterocycles. The molecule has 0 saturated carbocycles. The Labute approximate surface area is 100 Å². The maximum atomic E-state index is 9.65. The largest absolute Gasteiger partial charge is 0.393 e. The molecule has 0 amide bonds. The highest BCUT2D eigenvalue weighted by molar-refractivity contribution is 4.78. The average molecular weight is 228 g/mol. The van der Waals surface area contributed by atoms with Gasteiger partial charge in [-0.25, -0.2) is 0 Å². The Balaban J connectivity index is 2.19. The standard InChI is InChI=1S/C13H28N2O/c1-11-9-15(8-5-12(11)16)7-4-6-13(2,3)10-14/h11-12,16H,4-10,14H2,1-3H3. The highest BCUT2D eigenvalue weighted by Crippen LogP contribution is 2.22. The fraction of sp³-hybridized carbons (Fsp3) is 1.00. The third-order valence-electron chi connectivity index (χ3n) is 3.82. The van der Waals surface area contributed by atoms with Gasteiger partial charge in [0.25, 0.3) is 0 Å². The van der Waals surface area contributed by atoms with Crippen LogP contribution in [0, 0.1) is 11.3 Å². The monoisotopic (exact) mass is 228 g/mol. The van der Waals surface area contributed by atoms with E-state index < -0.39 is 0 Å². The summed E-state index contributed by atoms with van der Waals surface area (Å²) in [5, 5.41) is 9.65. The van der Waals surface area contributed by atoms with Crippen molar-refractivity contribution in [3.05, 3.63) is 0 Å². The van der Waals surface area contributed by atoms with Crippen molar-refractivity contribution in [1.29, 1.82) is 0 Å². The van der Waals surface area contributed by atoms with Crippen LogP contribution in [-0.4, -0.2) is 42.3 Å². The predicted octanol–water partition coefficient (Wildman–Crippen LogP) is 1.45. The quantitative estimate of drug-likeness (QED) is 0.749. The van der Waals surface area contributed by atoms with Gasteiger partial charge in [0.2, 0.25) is 0 Å². The highest BCUT2D eigenvalue weighted by Gasteiger charge is 2.24. The van der Waals surface area contributed by atoms with Gasteiger partial charge >= 0.3 is 0 Å². The van der Waals surface area contributed by atoms with Crippen molar-refractivity contribution in [2.75, 3.05) is 26.2 Å². The summed E-state index contributed by atoms with van der Waals surface area (Å²) in [4.78, 5) is 2.48. The molecule has 1 fully saturated rings. The van der Waals surface area contributed by atoms with Gasteiger partial charge in [0.1, 0.15) is 0 Å². The molecule has 96 valence electrons. The maximum absolute atomic E-state index is 9.65. The minimum Gasteiger partial charge on any atom is -0.393 e. The molecule has 0 spiro atoms. The molecule has 1 aliphatic rings. The van der Waals surface area contributed by atoms with E-state index in [1.807, 2.05) is 0 Å². The molecule has 3 nitrogen and oxygen atoms in total. The number of hydrogen-bond acceptors (Lipinski definition) is 3. The van der Waals surface area contributed by atoms with Gasteiger partial charge in [-0.05, 0) is 43.7 Å². The van der Waals surface area contributed by atoms with E-state index in [9.17, 15) is 5.11 Å². The maximum Gasteiger partial charge on any atom is 0.0590 e. The van der Waals surface area contributed by atoms with Crippen LogP contribution in [0.2, 0.25) is 0 Å². The lowest BCUT2D eigenvalue weighted by Crippen LogP contribution is -2.42. The second kappa shape index (κ2) is 5.99. The Bertz CT molecular complexity index is 206. The van der Waals surface area contributed by atoms with Crippen LogP contribution in [0.4, 0.5) is 0 Å². The van der Waals surface area contributed by atoms with Crippen molar-refractivity contribution >= 4 is 0 Å². The number of aliphatic hydroxyl groups is 1. The molecule has 2 unspecified atom stereocenters. The molecule has 0 bridgehead atoms. The first-order valence-corrected chi connectivity index (χ1v) is 6.55. The van der Waals surface area contributed by atoms with Crippen molar-refractivity contribution in [2.45, 2.75) is 46.1 Å². The van der Waals surface area contributed by atoms with Crippen LogP contribution in [0.15, 0.2) is 0 Å². The Morgan fingerprint density at radius 1 is 1.44 bits per heavy atom. The highest BCUT2D eigenvalue weighted by atomic mass is 16.3. The van der Waals surface area contributed by atoms with Gasteiger partial charge in [0.15, 0.2) is 0 Å². The minimum absolute atomic E-state index is 0.0864. The lowest BCUT2D eigenvalue weighted by atomic mass is 9.88. The molecule has 1 heterocycles. The number of piperidine rings is 1. The first kappa shape index (κ1) is 13.9. The summed E-state index contributed by atoms with van der Waals surface area (Å²) in [6.45, 7) is 10.6. The second-order valence-corrected chi connectivity index (χ2v) is 6.11. The van der Waals surface area contributed by atoms with E-state index in [0.717, 1.165) is 32.6 Å². The SMILES string of the molecule is CC1CN(CCCC(C)(C)CN)CCC1O. The van der Waals surface area contributed by atoms with Gasteiger partial charge in [-0.2, -0.15) is 0 Å². The van der Waals surface area contributed by atoms with Crippen molar-refractivity contribution in [1.82, 2.24) is 4.90 Å². The van der Waals surface area contributed by atoms with Crippen LogP contribution in [0.3, 0.4) is 0 Å². The summed E-state index contributed by atoms with van der Waals surface area (Å²) in [5.41, 5.74) is 6.00. The topological polar surface area (TPSA) is 49.5 Å². The third kappa shape index (κ3) is 4.40. The second-order valence-electron chi connectivity index (χ2n) is 6.11. The first-order valence-electron chi connectivity index (χ1n) is 6.55. The van der Waals surface area contributed by atoms with Gasteiger partial charge in [0, 0.05) is 13.1 Å². The lowest BCUT2D eigenvalue weighted by molar-refractivity contribution is 0.0336. The summed E-state index contributed by atoms with van der Waals surface area (Å²) in [7, 11) is 0. The number of hydrogen-bond donors (Lipinski definition) is 2. The Hall–Kier alpha value is -0.120. The Morgan fingerprint density at radius 3 is 2.69 bits per heavy atom. The summed E-state index contributed by atoms with van der Waals surface area (Å²) < 4.78 is 0. The van der Waals surface area contributed by atoms with Crippen molar-refractivity contribution < 1.29 is 5.11 Å². The number of nitrogens with two attached hydrogens (primary N) is 1. The van der Waals surface area contributed by atoms with Crippen LogP contribution >= 0.6 is 0 Å². The number of likely N-dealkylation sites (tertiary alicyclic amines) is 1. The molecule has 0 aromatic rings. The lowest BCUT2D eigenvalue weighted by Gasteiger charge is -2.35. The van der Waals surface area contributed by atoms with Crippen LogP contribution in [0.5, 0.6) is 0 Å². The first-order chi connectivity index (χ1) is 7.44. The van der Waals surface area contributed by atoms with Gasteiger partial charge in [0.05, 0.1) is 6.10 Å². The zero-order valence-corrected chi connectivity index (χ0v) is 11.1. The van der Waals surface area contributed by atoms with E-state index in [2.05, 4.69) is 25.7 Å². The molecule has 0 aliphatic carbocycles. The van der Waals surface area contributed by atoms with Crippen molar-refractivity contribution in [3.8, 4) is 0 Å². The fourth-order valence-electron chi connectivity index (χ4n) is 2.31. The smallest absolute Gasteiger partial charge is 0.0590 e. The van der Waals surface area contributed by atoms with Crippen molar-refractivity contribution in [3.63, 3.8) is 0 Å². The number of rotatable bonds is 5. The molecule has 3 heteroatoms. The van der Waals surface area contributed by atoms with E-state index in [1.165, 1.54) is 12.8 Å². The number of aliphatic hydroxyl groups excluding tert-OH is 1. The molecule has 0 aromatic heterocycles. The van der Waals surface area contributed by atoms with Crippen molar-refractivity contribution in [2.24, 2.45) is 17.1 Å². The summed E-state index contributed by atoms with van der Waals surface area (Å²) in [6.07, 6.45) is 3.25. The normalized spacial score (nSPS) is 28.3. The van der Waals surface area contributed by atoms with Gasteiger partial charge in [-0.15, -0.1) is 0 Å². The summed E-state index contributed by atoms with van der Waals surface area (Å²) >= 11 is 0. The van der Waals surface area contributed by atoms with E-state index in [0.29, 0.717) is 5.92 Å². The number of nitrogens with zero attached hydrogens (tertiary/aromatic N) is 1. The molecule has 2 atom stereocenters. The molecule has 0 aromatic carbocycles. The van der Waals surface area contributed by atoms with Crippen LogP contribution in [0.25, 0.3) is 0 Å². The van der Waals surface area contributed by atoms with E-state index in [4.69, 9.17) is 5.73 Å². The molecule has 16 heavy (non-hydrogen) atoms. The molecule has 1 rings (SSSR count). The minimum atomic E-state index is -0.0864. The Kier molecular flexibility index (Phi) is 5.22. The molecule has 1 aliphatic heterocycles. The van der Waals surface area contributed by atoms with E-state index in [1.54, 1.807) is 0 Å². The summed E-state index contributed by atoms with van der Waals surface area (Å²) in [6, 6.07) is 0. The van der Waals surface area contributed by atoms with Crippen LogP contribution < -0.4 is 5.73 Å². The average Bonchev–Trinajstić information content (AvgIpc) is 2.23. The summed E-state index contributed by atoms with van der Waals surface area (Å²) in [5.74, 6) is 0.427. The zero-order chi connectivity index (χ0) is 12.2. The van der Waals surface area contributed by atoms with Crippen LogP contribution in [-0.2, 0) is 0 Å². The molecular weight excluding hydrogens is 200 g/mol. The van der Waals surface area contributed by atoms with Gasteiger partial charge in [-0.3, -0.25) is 0 Å². The van der Waals surface area contributed by atoms with E-state index >= 15 is 0 Å². The van der Waals surface area contributed by atoms with Crippen LogP contribution in [0.1, 0.15) is 40.0 Å². The van der Waals surface area contributed by atoms with Gasteiger partial charge in [-0.1, -0.05) is 20.8 Å². The molecule has 0 radical (unpaired) electrons.